The Morgan fingerprint density at radius 2 is 2.08 bits per heavy atom. The average molecular weight is 343 g/mol. The van der Waals surface area contributed by atoms with Crippen LogP contribution in [0.1, 0.15) is 37.9 Å². The molecule has 0 amide bonds. The third kappa shape index (κ3) is 3.24. The number of nitro benzene ring substituents is 1. The number of nitro groups is 1. The van der Waals surface area contributed by atoms with Gasteiger partial charge >= 0.3 is 0 Å². The van der Waals surface area contributed by atoms with Crippen molar-refractivity contribution in [3.8, 4) is 11.4 Å². The Bertz CT molecular complexity index is 843. The fourth-order valence-corrected chi connectivity index (χ4v) is 3.62. The Hall–Kier alpha value is -2.08. The molecule has 0 aliphatic heterocycles. The van der Waals surface area contributed by atoms with Crippen LogP contribution in [0.4, 0.5) is 5.69 Å². The monoisotopic (exact) mass is 343 g/mol. The lowest BCUT2D eigenvalue weighted by Crippen LogP contribution is -2.20. The van der Waals surface area contributed by atoms with Gasteiger partial charge in [0.05, 0.1) is 4.92 Å². The van der Waals surface area contributed by atoms with Crippen LogP contribution in [-0.4, -0.2) is 14.5 Å². The van der Waals surface area contributed by atoms with Gasteiger partial charge in [-0.05, 0) is 31.6 Å². The molecule has 0 radical (unpaired) electrons. The van der Waals surface area contributed by atoms with Crippen LogP contribution in [0.2, 0.25) is 0 Å². The van der Waals surface area contributed by atoms with Gasteiger partial charge in [0.2, 0.25) is 0 Å². The highest BCUT2D eigenvalue weighted by molar-refractivity contribution is 7.71. The molecule has 24 heavy (non-hydrogen) atoms. The van der Waals surface area contributed by atoms with Gasteiger partial charge in [-0.2, -0.15) is 0 Å². The molecule has 0 N–H and O–H groups in total. The van der Waals surface area contributed by atoms with Gasteiger partial charge < -0.3 is 4.57 Å². The van der Waals surface area contributed by atoms with Crippen molar-refractivity contribution in [3.05, 3.63) is 50.3 Å². The number of rotatable bonds is 4. The molecular weight excluding hydrogens is 322 g/mol. The molecule has 0 saturated heterocycles. The molecule has 0 spiro atoms. The minimum atomic E-state index is -0.372. The molecule has 2 aromatic rings. The molecule has 0 atom stereocenters. The first-order chi connectivity index (χ1) is 11.5. The Balaban J connectivity index is 2.23. The van der Waals surface area contributed by atoms with Crippen molar-refractivity contribution in [2.75, 3.05) is 0 Å². The van der Waals surface area contributed by atoms with Crippen LogP contribution in [0.5, 0.6) is 0 Å². The first-order valence-corrected chi connectivity index (χ1v) is 8.75. The second-order valence-electron chi connectivity index (χ2n) is 6.68. The zero-order valence-corrected chi connectivity index (χ0v) is 14.8. The number of non-ortho nitro benzene ring substituents is 1. The Kier molecular flexibility index (Phi) is 4.76. The average Bonchev–Trinajstić information content (AvgIpc) is 2.57. The van der Waals surface area contributed by atoms with Crippen molar-refractivity contribution in [2.45, 2.75) is 46.1 Å². The highest BCUT2D eigenvalue weighted by Crippen LogP contribution is 2.29. The molecule has 6 heteroatoms. The van der Waals surface area contributed by atoms with Crippen LogP contribution >= 0.6 is 12.2 Å². The predicted octanol–water partition coefficient (Wildman–Crippen LogP) is 4.72. The summed E-state index contributed by atoms with van der Waals surface area (Å²) in [6.45, 7) is 5.17. The van der Waals surface area contributed by atoms with Crippen molar-refractivity contribution < 1.29 is 4.92 Å². The highest BCUT2D eigenvalue weighted by atomic mass is 32.1. The van der Waals surface area contributed by atoms with Crippen molar-refractivity contribution >= 4 is 17.9 Å². The van der Waals surface area contributed by atoms with Crippen LogP contribution < -0.4 is 0 Å². The van der Waals surface area contributed by atoms with Gasteiger partial charge in [0.15, 0.2) is 0 Å². The smallest absolute Gasteiger partial charge is 0.270 e. The molecule has 1 aromatic carbocycles. The van der Waals surface area contributed by atoms with E-state index in [0.29, 0.717) is 10.6 Å². The van der Waals surface area contributed by atoms with Crippen molar-refractivity contribution in [1.82, 2.24) is 9.55 Å². The van der Waals surface area contributed by atoms with E-state index in [4.69, 9.17) is 12.2 Å². The van der Waals surface area contributed by atoms with E-state index in [1.54, 1.807) is 12.1 Å². The summed E-state index contributed by atoms with van der Waals surface area (Å²) in [6.07, 6.45) is 4.28. The number of benzene rings is 1. The number of nitrogens with zero attached hydrogens (tertiary/aromatic N) is 3. The van der Waals surface area contributed by atoms with Gasteiger partial charge in [-0.15, -0.1) is 0 Å². The standard InChI is InChI=1S/C18H21N3O2S/c1-12(2)11-20-16-9-4-3-8-15(16)18(24)19-17(20)13-6-5-7-14(10-13)21(22)23/h5-7,10,12H,3-4,8-9,11H2,1-2H3. The summed E-state index contributed by atoms with van der Waals surface area (Å²) in [7, 11) is 0. The van der Waals surface area contributed by atoms with Gasteiger partial charge in [-0.1, -0.05) is 38.2 Å². The molecule has 3 rings (SSSR count). The first-order valence-electron chi connectivity index (χ1n) is 8.34. The molecular formula is C18H21N3O2S. The molecule has 1 heterocycles. The topological polar surface area (TPSA) is 61.0 Å². The van der Waals surface area contributed by atoms with E-state index in [1.165, 1.54) is 17.3 Å². The number of aromatic nitrogens is 2. The second kappa shape index (κ2) is 6.81. The summed E-state index contributed by atoms with van der Waals surface area (Å²) in [5.41, 5.74) is 3.28. The van der Waals surface area contributed by atoms with Gasteiger partial charge in [0, 0.05) is 35.5 Å². The molecule has 0 unspecified atom stereocenters. The van der Waals surface area contributed by atoms with Crippen molar-refractivity contribution in [1.29, 1.82) is 0 Å². The molecule has 0 fully saturated rings. The van der Waals surface area contributed by atoms with Crippen LogP contribution in [0.25, 0.3) is 11.4 Å². The lowest BCUT2D eigenvalue weighted by molar-refractivity contribution is -0.384. The van der Waals surface area contributed by atoms with E-state index in [-0.39, 0.29) is 10.6 Å². The van der Waals surface area contributed by atoms with E-state index in [2.05, 4.69) is 23.4 Å². The number of fused-ring (bicyclic) bond motifs is 1. The largest absolute Gasteiger partial charge is 0.329 e. The SMILES string of the molecule is CC(C)Cn1c(-c2cccc([N+](=O)[O-])c2)nc(=S)c2c1CCCC2. The Labute approximate surface area is 146 Å². The quantitative estimate of drug-likeness (QED) is 0.458. The molecule has 1 aliphatic carbocycles. The fourth-order valence-electron chi connectivity index (χ4n) is 3.31. The lowest BCUT2D eigenvalue weighted by Gasteiger charge is -2.25. The molecule has 1 aromatic heterocycles. The lowest BCUT2D eigenvalue weighted by atomic mass is 9.96. The minimum Gasteiger partial charge on any atom is -0.329 e. The molecule has 1 aliphatic rings. The summed E-state index contributed by atoms with van der Waals surface area (Å²) in [5.74, 6) is 1.20. The summed E-state index contributed by atoms with van der Waals surface area (Å²) >= 11 is 5.53. The maximum absolute atomic E-state index is 11.1. The molecule has 5 nitrogen and oxygen atoms in total. The normalized spacial score (nSPS) is 13.8. The van der Waals surface area contributed by atoms with Crippen LogP contribution in [0.15, 0.2) is 24.3 Å². The van der Waals surface area contributed by atoms with Gasteiger partial charge in [0.25, 0.3) is 5.69 Å². The fraction of sp³-hybridized carbons (Fsp3) is 0.444. The van der Waals surface area contributed by atoms with Crippen molar-refractivity contribution in [3.63, 3.8) is 0 Å². The second-order valence-corrected chi connectivity index (χ2v) is 7.07. The molecule has 0 bridgehead atoms. The van der Waals surface area contributed by atoms with Gasteiger partial charge in [0.1, 0.15) is 10.5 Å². The van der Waals surface area contributed by atoms with Crippen molar-refractivity contribution in [2.24, 2.45) is 5.92 Å². The van der Waals surface area contributed by atoms with Gasteiger partial charge in [-0.25, -0.2) is 4.98 Å². The van der Waals surface area contributed by atoms with Crippen LogP contribution in [0.3, 0.4) is 0 Å². The summed E-state index contributed by atoms with van der Waals surface area (Å²) < 4.78 is 2.87. The molecule has 0 saturated carbocycles. The first kappa shape index (κ1) is 16.8. The van der Waals surface area contributed by atoms with E-state index >= 15 is 0 Å². The highest BCUT2D eigenvalue weighted by Gasteiger charge is 2.20. The van der Waals surface area contributed by atoms with E-state index < -0.39 is 0 Å². The molecule has 126 valence electrons. The van der Waals surface area contributed by atoms with Crippen LogP contribution in [-0.2, 0) is 19.4 Å². The Morgan fingerprint density at radius 3 is 2.79 bits per heavy atom. The zero-order valence-electron chi connectivity index (χ0n) is 14.0. The number of hydrogen-bond acceptors (Lipinski definition) is 4. The maximum atomic E-state index is 11.1. The summed E-state index contributed by atoms with van der Waals surface area (Å²) in [6, 6.07) is 6.67. The van der Waals surface area contributed by atoms with E-state index in [1.807, 2.05) is 6.07 Å². The predicted molar refractivity (Wildman–Crippen MR) is 96.6 cm³/mol. The van der Waals surface area contributed by atoms with E-state index in [0.717, 1.165) is 43.6 Å². The zero-order chi connectivity index (χ0) is 17.3. The third-order valence-electron chi connectivity index (χ3n) is 4.35. The minimum absolute atomic E-state index is 0.0778. The third-order valence-corrected chi connectivity index (χ3v) is 4.69. The van der Waals surface area contributed by atoms with Gasteiger partial charge in [-0.3, -0.25) is 10.1 Å². The van der Waals surface area contributed by atoms with Crippen LogP contribution in [0, 0.1) is 20.7 Å². The Morgan fingerprint density at radius 1 is 1.33 bits per heavy atom. The summed E-state index contributed by atoms with van der Waals surface area (Å²) in [5, 5.41) is 11.1. The summed E-state index contributed by atoms with van der Waals surface area (Å²) in [4.78, 5) is 15.4. The maximum Gasteiger partial charge on any atom is 0.270 e. The van der Waals surface area contributed by atoms with E-state index in [9.17, 15) is 10.1 Å². The number of hydrogen-bond donors (Lipinski definition) is 0.